The summed E-state index contributed by atoms with van der Waals surface area (Å²) in [6.07, 6.45) is 0. The van der Waals surface area contributed by atoms with Crippen molar-refractivity contribution in [3.63, 3.8) is 0 Å². The predicted molar refractivity (Wildman–Crippen MR) is 117 cm³/mol. The molecule has 0 spiro atoms. The van der Waals surface area contributed by atoms with E-state index >= 15 is 0 Å². The van der Waals surface area contributed by atoms with Gasteiger partial charge in [0.15, 0.2) is 11.6 Å². The Morgan fingerprint density at radius 2 is 1.90 bits per heavy atom. The maximum absolute atomic E-state index is 14.4. The molecule has 156 valence electrons. The van der Waals surface area contributed by atoms with Gasteiger partial charge in [-0.1, -0.05) is 11.6 Å². The summed E-state index contributed by atoms with van der Waals surface area (Å²) in [6.45, 7) is 6.16. The van der Waals surface area contributed by atoms with Crippen molar-refractivity contribution < 1.29 is 4.39 Å². The molecule has 2 atom stereocenters. The van der Waals surface area contributed by atoms with Crippen molar-refractivity contribution in [3.05, 3.63) is 35.1 Å². The molecule has 2 aromatic heterocycles. The van der Waals surface area contributed by atoms with Crippen molar-refractivity contribution in [3.8, 4) is 0 Å². The lowest BCUT2D eigenvalue weighted by Gasteiger charge is -2.37. The number of aryl methyl sites for hydroxylation is 1. The van der Waals surface area contributed by atoms with Crippen LogP contribution in [0.2, 0.25) is 5.02 Å². The molecule has 0 radical (unpaired) electrons. The topological polar surface area (TPSA) is 86.7 Å². The van der Waals surface area contributed by atoms with Crippen molar-refractivity contribution in [2.24, 2.45) is 7.05 Å². The summed E-state index contributed by atoms with van der Waals surface area (Å²) in [5.41, 5.74) is 3.10. The zero-order chi connectivity index (χ0) is 21.0. The average Bonchev–Trinajstić information content (AvgIpc) is 3.24. The minimum absolute atomic E-state index is 0.233. The first kappa shape index (κ1) is 19.1. The number of H-pyrrole nitrogens is 1. The second kappa shape index (κ2) is 7.10. The fourth-order valence-electron chi connectivity index (χ4n) is 4.20. The van der Waals surface area contributed by atoms with E-state index in [1.165, 1.54) is 10.9 Å². The largest absolute Gasteiger partial charge is 0.368 e. The van der Waals surface area contributed by atoms with Crippen LogP contribution < -0.4 is 15.5 Å². The Labute approximate surface area is 177 Å². The van der Waals surface area contributed by atoms with Gasteiger partial charge < -0.3 is 15.5 Å². The first-order valence-electron chi connectivity index (χ1n) is 9.83. The fraction of sp³-hybridized carbons (Fsp3) is 0.350. The molecule has 0 bridgehead atoms. The maximum Gasteiger partial charge on any atom is 0.161 e. The minimum atomic E-state index is -0.446. The first-order chi connectivity index (χ1) is 14.4. The van der Waals surface area contributed by atoms with Gasteiger partial charge in [0.25, 0.3) is 0 Å². The third-order valence-electron chi connectivity index (χ3n) is 5.33. The van der Waals surface area contributed by atoms with E-state index in [-0.39, 0.29) is 5.52 Å². The Morgan fingerprint density at radius 1 is 1.13 bits per heavy atom. The lowest BCUT2D eigenvalue weighted by atomic mass is 10.1. The Hall–Kier alpha value is -2.91. The van der Waals surface area contributed by atoms with E-state index in [0.29, 0.717) is 34.1 Å². The molecule has 0 amide bonds. The SMILES string of the molecule is C[C@@H]1CN(c2cc(Cl)c3c(Nc4cc(F)c5nn(C)nc5c4)n[nH]c3c2)C[C@H](C)N1. The van der Waals surface area contributed by atoms with E-state index in [1.807, 2.05) is 6.07 Å². The summed E-state index contributed by atoms with van der Waals surface area (Å²) in [6, 6.07) is 7.92. The van der Waals surface area contributed by atoms with E-state index < -0.39 is 5.82 Å². The number of rotatable bonds is 3. The highest BCUT2D eigenvalue weighted by molar-refractivity contribution is 6.36. The van der Waals surface area contributed by atoms with Gasteiger partial charge >= 0.3 is 0 Å². The molecule has 1 aliphatic rings. The minimum Gasteiger partial charge on any atom is -0.368 e. The quantitative estimate of drug-likeness (QED) is 0.462. The molecule has 10 heteroatoms. The monoisotopic (exact) mass is 428 g/mol. The summed E-state index contributed by atoms with van der Waals surface area (Å²) in [5.74, 6) is 0.0875. The Balaban J connectivity index is 1.49. The summed E-state index contributed by atoms with van der Waals surface area (Å²) < 4.78 is 14.4. The number of hydrogen-bond donors (Lipinski definition) is 3. The highest BCUT2D eigenvalue weighted by Gasteiger charge is 2.23. The third-order valence-corrected chi connectivity index (χ3v) is 5.62. The van der Waals surface area contributed by atoms with Crippen LogP contribution in [0.15, 0.2) is 24.3 Å². The van der Waals surface area contributed by atoms with Crippen molar-refractivity contribution in [1.29, 1.82) is 0 Å². The number of aromatic amines is 1. The number of aromatic nitrogens is 5. The molecule has 0 saturated carbocycles. The van der Waals surface area contributed by atoms with Gasteiger partial charge in [0.2, 0.25) is 0 Å². The molecule has 1 fully saturated rings. The molecule has 0 aliphatic carbocycles. The van der Waals surface area contributed by atoms with Crippen molar-refractivity contribution in [1.82, 2.24) is 30.5 Å². The van der Waals surface area contributed by atoms with Gasteiger partial charge in [-0.05, 0) is 38.1 Å². The van der Waals surface area contributed by atoms with Crippen LogP contribution in [0.4, 0.5) is 21.6 Å². The lowest BCUT2D eigenvalue weighted by Crippen LogP contribution is -2.54. The molecule has 3 N–H and O–H groups in total. The van der Waals surface area contributed by atoms with Gasteiger partial charge in [-0.25, -0.2) is 4.39 Å². The third kappa shape index (κ3) is 3.33. The number of nitrogens with zero attached hydrogens (tertiary/aromatic N) is 5. The van der Waals surface area contributed by atoms with Crippen LogP contribution in [-0.2, 0) is 7.05 Å². The molecule has 8 nitrogen and oxygen atoms in total. The average molecular weight is 429 g/mol. The fourth-order valence-corrected chi connectivity index (χ4v) is 4.50. The van der Waals surface area contributed by atoms with Crippen LogP contribution in [0.5, 0.6) is 0 Å². The highest BCUT2D eigenvalue weighted by atomic mass is 35.5. The summed E-state index contributed by atoms with van der Waals surface area (Å²) in [5, 5.41) is 23.7. The van der Waals surface area contributed by atoms with Crippen LogP contribution >= 0.6 is 11.6 Å². The van der Waals surface area contributed by atoms with E-state index in [2.05, 4.69) is 55.8 Å². The van der Waals surface area contributed by atoms with Gasteiger partial charge in [0.05, 0.1) is 15.9 Å². The number of piperazine rings is 1. The number of fused-ring (bicyclic) bond motifs is 2. The van der Waals surface area contributed by atoms with Gasteiger partial charge in [-0.15, -0.1) is 0 Å². The lowest BCUT2D eigenvalue weighted by molar-refractivity contribution is 0.407. The zero-order valence-electron chi connectivity index (χ0n) is 16.9. The molecule has 4 aromatic rings. The van der Waals surface area contributed by atoms with Crippen molar-refractivity contribution >= 4 is 50.7 Å². The molecular formula is C20H22ClFN8. The number of nitrogens with one attached hydrogen (secondary N) is 3. The van der Waals surface area contributed by atoms with E-state index in [0.717, 1.165) is 29.7 Å². The van der Waals surface area contributed by atoms with E-state index in [4.69, 9.17) is 11.6 Å². The molecule has 2 aromatic carbocycles. The maximum atomic E-state index is 14.4. The second-order valence-electron chi connectivity index (χ2n) is 7.94. The van der Waals surface area contributed by atoms with Gasteiger partial charge in [0.1, 0.15) is 11.0 Å². The van der Waals surface area contributed by atoms with Crippen LogP contribution in [0.3, 0.4) is 0 Å². The molecule has 1 saturated heterocycles. The molecular weight excluding hydrogens is 407 g/mol. The molecule has 1 aliphatic heterocycles. The summed E-state index contributed by atoms with van der Waals surface area (Å²) >= 11 is 6.65. The van der Waals surface area contributed by atoms with Crippen molar-refractivity contribution in [2.75, 3.05) is 23.3 Å². The number of hydrogen-bond acceptors (Lipinski definition) is 6. The first-order valence-corrected chi connectivity index (χ1v) is 10.2. The Kier molecular flexibility index (Phi) is 4.52. The van der Waals surface area contributed by atoms with Gasteiger partial charge in [-0.2, -0.15) is 20.1 Å². The smallest absolute Gasteiger partial charge is 0.161 e. The molecule has 30 heavy (non-hydrogen) atoms. The molecule has 0 unspecified atom stereocenters. The summed E-state index contributed by atoms with van der Waals surface area (Å²) in [7, 11) is 1.66. The highest BCUT2D eigenvalue weighted by Crippen LogP contribution is 2.35. The Bertz CT molecular complexity index is 1240. The number of halogens is 2. The van der Waals surface area contributed by atoms with Crippen molar-refractivity contribution in [2.45, 2.75) is 25.9 Å². The van der Waals surface area contributed by atoms with Gasteiger partial charge in [0, 0.05) is 43.6 Å². The predicted octanol–water partition coefficient (Wildman–Crippen LogP) is 3.57. The number of benzene rings is 2. The normalized spacial score (nSPS) is 19.7. The summed E-state index contributed by atoms with van der Waals surface area (Å²) in [4.78, 5) is 3.67. The van der Waals surface area contributed by atoms with Gasteiger partial charge in [-0.3, -0.25) is 5.10 Å². The standard InChI is InChI=1S/C20H22ClFN8/c1-10-8-30(9-11(2)23-10)13-6-14(21)18-16(7-13)25-26-20(18)24-12-4-15(22)19-17(5-12)27-29(3)28-19/h4-7,10-11,23H,8-9H2,1-3H3,(H2,24,25,26)/t10-,11+. The van der Waals surface area contributed by atoms with Crippen LogP contribution in [0.1, 0.15) is 13.8 Å². The van der Waals surface area contributed by atoms with Crippen LogP contribution in [0.25, 0.3) is 21.9 Å². The van der Waals surface area contributed by atoms with Crippen LogP contribution in [0, 0.1) is 5.82 Å². The zero-order valence-corrected chi connectivity index (χ0v) is 17.6. The van der Waals surface area contributed by atoms with E-state index in [9.17, 15) is 4.39 Å². The van der Waals surface area contributed by atoms with E-state index in [1.54, 1.807) is 13.1 Å². The molecule has 3 heterocycles. The Morgan fingerprint density at radius 3 is 2.67 bits per heavy atom. The molecule has 5 rings (SSSR count). The van der Waals surface area contributed by atoms with Crippen LogP contribution in [-0.4, -0.2) is 50.4 Å². The number of anilines is 3. The second-order valence-corrected chi connectivity index (χ2v) is 8.34.